The van der Waals surface area contributed by atoms with E-state index in [0.717, 1.165) is 4.47 Å². The van der Waals surface area contributed by atoms with Gasteiger partial charge < -0.3 is 10.4 Å². The molecule has 1 aromatic heterocycles. The van der Waals surface area contributed by atoms with Gasteiger partial charge in [-0.2, -0.15) is 0 Å². The summed E-state index contributed by atoms with van der Waals surface area (Å²) in [6.07, 6.45) is 2.09. The Hall–Kier alpha value is -0.940. The van der Waals surface area contributed by atoms with Crippen molar-refractivity contribution in [1.29, 1.82) is 0 Å². The molecule has 0 aliphatic carbocycles. The molecule has 0 bridgehead atoms. The Morgan fingerprint density at radius 2 is 2.25 bits per heavy atom. The summed E-state index contributed by atoms with van der Waals surface area (Å²) >= 11 is 3.25. The molecule has 1 aromatic rings. The number of nitrogens with one attached hydrogen (secondary N) is 1. The molecule has 2 N–H and O–H groups in total. The van der Waals surface area contributed by atoms with E-state index in [0.29, 0.717) is 12.1 Å². The number of aliphatic hydroxyl groups excluding tert-OH is 1. The topological polar surface area (TPSA) is 62.2 Å². The lowest BCUT2D eigenvalue weighted by Crippen LogP contribution is -2.44. The lowest BCUT2D eigenvalue weighted by Gasteiger charge is -2.25. The highest BCUT2D eigenvalue weighted by Gasteiger charge is 2.20. The smallest absolute Gasteiger partial charge is 0.270 e. The summed E-state index contributed by atoms with van der Waals surface area (Å²) in [6.45, 7) is 3.76. The zero-order valence-corrected chi connectivity index (χ0v) is 10.9. The summed E-state index contributed by atoms with van der Waals surface area (Å²) < 4.78 is 0.832. The van der Waals surface area contributed by atoms with Crippen LogP contribution in [0.5, 0.6) is 0 Å². The third kappa shape index (κ3) is 3.90. The molecule has 0 fully saturated rings. The lowest BCUT2D eigenvalue weighted by molar-refractivity contribution is 0.0894. The van der Waals surface area contributed by atoms with E-state index in [9.17, 15) is 4.79 Å². The molecule has 0 saturated carbocycles. The van der Waals surface area contributed by atoms with Crippen molar-refractivity contribution in [2.75, 3.05) is 6.61 Å². The average Bonchev–Trinajstić information content (AvgIpc) is 2.17. The fourth-order valence-electron chi connectivity index (χ4n) is 1.22. The van der Waals surface area contributed by atoms with E-state index in [2.05, 4.69) is 26.2 Å². The van der Waals surface area contributed by atoms with Crippen LogP contribution in [0.4, 0.5) is 0 Å². The molecule has 88 valence electrons. The third-order valence-corrected chi connectivity index (χ3v) is 2.62. The highest BCUT2D eigenvalue weighted by atomic mass is 79.9. The van der Waals surface area contributed by atoms with Crippen molar-refractivity contribution < 1.29 is 9.90 Å². The molecular formula is C11H15BrN2O2. The van der Waals surface area contributed by atoms with Crippen molar-refractivity contribution in [1.82, 2.24) is 10.3 Å². The van der Waals surface area contributed by atoms with Crippen molar-refractivity contribution in [2.24, 2.45) is 0 Å². The van der Waals surface area contributed by atoms with Crippen molar-refractivity contribution >= 4 is 21.8 Å². The summed E-state index contributed by atoms with van der Waals surface area (Å²) in [5.41, 5.74) is -0.0603. The molecule has 0 unspecified atom stereocenters. The fraction of sp³-hybridized carbons (Fsp3) is 0.455. The zero-order chi connectivity index (χ0) is 12.2. The monoisotopic (exact) mass is 286 g/mol. The van der Waals surface area contributed by atoms with E-state index >= 15 is 0 Å². The number of carbonyl (C=O) groups is 1. The van der Waals surface area contributed by atoms with Crippen molar-refractivity contribution in [3.8, 4) is 0 Å². The number of amides is 1. The van der Waals surface area contributed by atoms with Crippen LogP contribution in [0.2, 0.25) is 0 Å². The van der Waals surface area contributed by atoms with Crippen molar-refractivity contribution in [2.45, 2.75) is 25.8 Å². The van der Waals surface area contributed by atoms with Crippen molar-refractivity contribution in [3.05, 3.63) is 28.5 Å². The van der Waals surface area contributed by atoms with Gasteiger partial charge in [-0.25, -0.2) is 4.98 Å². The number of pyridine rings is 1. The Morgan fingerprint density at radius 1 is 1.56 bits per heavy atom. The molecule has 1 heterocycles. The number of hydrogen-bond acceptors (Lipinski definition) is 3. The summed E-state index contributed by atoms with van der Waals surface area (Å²) in [7, 11) is 0. The molecule has 4 nitrogen and oxygen atoms in total. The highest BCUT2D eigenvalue weighted by molar-refractivity contribution is 9.10. The molecule has 0 aliphatic heterocycles. The molecule has 0 spiro atoms. The summed E-state index contributed by atoms with van der Waals surface area (Å²) in [5.74, 6) is -0.231. The van der Waals surface area contributed by atoms with E-state index in [1.54, 1.807) is 18.3 Å². The van der Waals surface area contributed by atoms with Gasteiger partial charge in [0.1, 0.15) is 5.69 Å². The molecule has 5 heteroatoms. The normalized spacial score (nSPS) is 11.2. The Labute approximate surface area is 103 Å². The first-order valence-electron chi connectivity index (χ1n) is 4.99. The molecule has 0 aliphatic rings. The molecule has 0 radical (unpaired) electrons. The van der Waals surface area contributed by atoms with E-state index in [1.165, 1.54) is 0 Å². The van der Waals surface area contributed by atoms with Gasteiger partial charge in [0.25, 0.3) is 5.91 Å². The average molecular weight is 287 g/mol. The summed E-state index contributed by atoms with van der Waals surface area (Å²) in [6, 6.07) is 3.41. The van der Waals surface area contributed by atoms with Gasteiger partial charge in [-0.05, 0) is 48.3 Å². The minimum absolute atomic E-state index is 0.0427. The van der Waals surface area contributed by atoms with Crippen LogP contribution < -0.4 is 5.32 Å². The molecule has 0 saturated heterocycles. The second-order valence-electron chi connectivity index (χ2n) is 4.17. The molecule has 0 atom stereocenters. The largest absolute Gasteiger partial charge is 0.396 e. The van der Waals surface area contributed by atoms with E-state index in [4.69, 9.17) is 5.11 Å². The maximum Gasteiger partial charge on any atom is 0.270 e. The number of rotatable bonds is 4. The number of carbonyl (C=O) groups excluding carboxylic acids is 1. The van der Waals surface area contributed by atoms with E-state index < -0.39 is 5.54 Å². The van der Waals surface area contributed by atoms with Gasteiger partial charge in [0.2, 0.25) is 0 Å². The Kier molecular flexibility index (Phi) is 4.44. The molecular weight excluding hydrogens is 272 g/mol. The number of aliphatic hydroxyl groups is 1. The SMILES string of the molecule is CC(C)(CCO)NC(=O)c1ccc(Br)cn1. The quantitative estimate of drug-likeness (QED) is 0.886. The van der Waals surface area contributed by atoms with Gasteiger partial charge in [0.15, 0.2) is 0 Å². The Morgan fingerprint density at radius 3 is 2.75 bits per heavy atom. The molecule has 16 heavy (non-hydrogen) atoms. The third-order valence-electron chi connectivity index (χ3n) is 2.15. The zero-order valence-electron chi connectivity index (χ0n) is 9.33. The highest BCUT2D eigenvalue weighted by Crippen LogP contribution is 2.10. The molecule has 0 aromatic carbocycles. The van der Waals surface area contributed by atoms with Crippen LogP contribution in [-0.4, -0.2) is 28.1 Å². The maximum atomic E-state index is 11.8. The van der Waals surface area contributed by atoms with Gasteiger partial charge in [-0.3, -0.25) is 4.79 Å². The van der Waals surface area contributed by atoms with Crippen molar-refractivity contribution in [3.63, 3.8) is 0 Å². The van der Waals surface area contributed by atoms with Crippen LogP contribution >= 0.6 is 15.9 Å². The fourth-order valence-corrected chi connectivity index (χ4v) is 1.46. The van der Waals surface area contributed by atoms with Gasteiger partial charge >= 0.3 is 0 Å². The first-order valence-corrected chi connectivity index (χ1v) is 5.79. The summed E-state index contributed by atoms with van der Waals surface area (Å²) in [4.78, 5) is 15.8. The van der Waals surface area contributed by atoms with E-state index in [-0.39, 0.29) is 12.5 Å². The van der Waals surface area contributed by atoms with Crippen LogP contribution in [0.15, 0.2) is 22.8 Å². The second-order valence-corrected chi connectivity index (χ2v) is 5.09. The van der Waals surface area contributed by atoms with Crippen LogP contribution in [0.25, 0.3) is 0 Å². The number of nitrogens with zero attached hydrogens (tertiary/aromatic N) is 1. The van der Waals surface area contributed by atoms with Gasteiger partial charge in [0.05, 0.1) is 0 Å². The molecule has 1 rings (SSSR count). The lowest BCUT2D eigenvalue weighted by atomic mass is 10.0. The minimum Gasteiger partial charge on any atom is -0.396 e. The van der Waals surface area contributed by atoms with Crippen LogP contribution in [0, 0.1) is 0 Å². The molecule has 1 amide bonds. The summed E-state index contributed by atoms with van der Waals surface area (Å²) in [5, 5.41) is 11.7. The van der Waals surface area contributed by atoms with Gasteiger partial charge in [-0.15, -0.1) is 0 Å². The van der Waals surface area contributed by atoms with Crippen LogP contribution in [0.3, 0.4) is 0 Å². The Balaban J connectivity index is 2.69. The first-order chi connectivity index (χ1) is 7.44. The Bertz CT molecular complexity index is 363. The van der Waals surface area contributed by atoms with Gasteiger partial charge in [-0.1, -0.05) is 0 Å². The number of halogens is 1. The van der Waals surface area contributed by atoms with E-state index in [1.807, 2.05) is 13.8 Å². The maximum absolute atomic E-state index is 11.8. The van der Waals surface area contributed by atoms with Gasteiger partial charge in [0, 0.05) is 22.8 Å². The predicted octanol–water partition coefficient (Wildman–Crippen LogP) is 1.73. The van der Waals surface area contributed by atoms with Crippen LogP contribution in [0.1, 0.15) is 30.8 Å². The second kappa shape index (κ2) is 5.41. The minimum atomic E-state index is -0.430. The number of hydrogen-bond donors (Lipinski definition) is 2. The standard InChI is InChI=1S/C11H15BrN2O2/c1-11(2,5-6-15)14-10(16)9-4-3-8(12)7-13-9/h3-4,7,15H,5-6H2,1-2H3,(H,14,16). The van der Waals surface area contributed by atoms with Crippen LogP contribution in [-0.2, 0) is 0 Å². The predicted molar refractivity (Wildman–Crippen MR) is 65.2 cm³/mol. The first kappa shape index (κ1) is 13.1. The number of aromatic nitrogens is 1.